The Bertz CT molecular complexity index is 419. The molecule has 1 unspecified atom stereocenters. The summed E-state index contributed by atoms with van der Waals surface area (Å²) in [6, 6.07) is 12.1. The summed E-state index contributed by atoms with van der Waals surface area (Å²) in [5.74, 6) is 0.978. The molecule has 0 bridgehead atoms. The van der Waals surface area contributed by atoms with E-state index in [0.29, 0.717) is 0 Å². The molecular formula is C13H15NO. The van der Waals surface area contributed by atoms with Crippen LogP contribution in [0.4, 0.5) is 0 Å². The number of furan rings is 1. The molecule has 0 saturated carbocycles. The minimum Gasteiger partial charge on any atom is -0.469 e. The summed E-state index contributed by atoms with van der Waals surface area (Å²) in [5, 5.41) is 0. The molecule has 0 aliphatic carbocycles. The maximum absolute atomic E-state index is 6.10. The summed E-state index contributed by atoms with van der Waals surface area (Å²) in [5.41, 5.74) is 8.41. The topological polar surface area (TPSA) is 39.2 Å². The molecule has 0 aliphatic rings. The van der Waals surface area contributed by atoms with E-state index in [1.54, 1.807) is 6.26 Å². The minimum absolute atomic E-state index is 0.0102. The third-order valence-electron chi connectivity index (χ3n) is 2.60. The van der Waals surface area contributed by atoms with E-state index in [0.717, 1.165) is 17.7 Å². The van der Waals surface area contributed by atoms with Gasteiger partial charge in [-0.05, 0) is 24.1 Å². The molecule has 1 heterocycles. The first kappa shape index (κ1) is 9.99. The van der Waals surface area contributed by atoms with Crippen LogP contribution in [0.15, 0.2) is 47.1 Å². The first-order valence-corrected chi connectivity index (χ1v) is 5.11. The van der Waals surface area contributed by atoms with Crippen molar-refractivity contribution in [2.45, 2.75) is 19.4 Å². The molecule has 15 heavy (non-hydrogen) atoms. The number of rotatable bonds is 3. The monoisotopic (exact) mass is 201 g/mol. The van der Waals surface area contributed by atoms with Gasteiger partial charge in [-0.1, -0.05) is 30.3 Å². The van der Waals surface area contributed by atoms with Crippen LogP contribution in [0.1, 0.15) is 22.9 Å². The SMILES string of the molecule is Cc1ccoc1CC(N)c1ccccc1. The van der Waals surface area contributed by atoms with Crippen LogP contribution in [0, 0.1) is 6.92 Å². The summed E-state index contributed by atoms with van der Waals surface area (Å²) in [6.45, 7) is 2.04. The normalized spacial score (nSPS) is 12.7. The number of hydrogen-bond donors (Lipinski definition) is 1. The fraction of sp³-hybridized carbons (Fsp3) is 0.231. The Balaban J connectivity index is 2.11. The zero-order valence-electron chi connectivity index (χ0n) is 8.81. The summed E-state index contributed by atoms with van der Waals surface area (Å²) in [6.07, 6.45) is 2.46. The standard InChI is InChI=1S/C13H15NO/c1-10-7-8-15-13(10)9-12(14)11-5-3-2-4-6-11/h2-8,12H,9,14H2,1H3. The molecule has 0 saturated heterocycles. The van der Waals surface area contributed by atoms with Crippen molar-refractivity contribution in [2.24, 2.45) is 5.73 Å². The molecule has 2 aromatic rings. The number of nitrogens with two attached hydrogens (primary N) is 1. The van der Waals surface area contributed by atoms with E-state index < -0.39 is 0 Å². The molecule has 0 aliphatic heterocycles. The molecule has 0 fully saturated rings. The zero-order valence-corrected chi connectivity index (χ0v) is 8.81. The molecular weight excluding hydrogens is 186 g/mol. The third kappa shape index (κ3) is 2.28. The van der Waals surface area contributed by atoms with E-state index in [4.69, 9.17) is 10.2 Å². The quantitative estimate of drug-likeness (QED) is 0.829. The smallest absolute Gasteiger partial charge is 0.108 e. The maximum Gasteiger partial charge on any atom is 0.108 e. The lowest BCUT2D eigenvalue weighted by Gasteiger charge is -2.10. The van der Waals surface area contributed by atoms with Crippen molar-refractivity contribution in [3.63, 3.8) is 0 Å². The maximum atomic E-state index is 6.10. The molecule has 0 radical (unpaired) electrons. The first-order chi connectivity index (χ1) is 7.27. The molecule has 1 aromatic carbocycles. The minimum atomic E-state index is 0.0102. The summed E-state index contributed by atoms with van der Waals surface area (Å²) >= 11 is 0. The van der Waals surface area contributed by atoms with Crippen LogP contribution in [0.3, 0.4) is 0 Å². The lowest BCUT2D eigenvalue weighted by atomic mass is 10.0. The lowest BCUT2D eigenvalue weighted by molar-refractivity contribution is 0.486. The molecule has 2 heteroatoms. The van der Waals surface area contributed by atoms with E-state index in [1.807, 2.05) is 43.3 Å². The largest absolute Gasteiger partial charge is 0.469 e. The fourth-order valence-corrected chi connectivity index (χ4v) is 1.63. The second kappa shape index (κ2) is 4.32. The van der Waals surface area contributed by atoms with Crippen molar-refractivity contribution in [1.29, 1.82) is 0 Å². The summed E-state index contributed by atoms with van der Waals surface area (Å²) in [4.78, 5) is 0. The Kier molecular flexibility index (Phi) is 2.88. The van der Waals surface area contributed by atoms with Gasteiger partial charge in [-0.25, -0.2) is 0 Å². The number of benzene rings is 1. The van der Waals surface area contributed by atoms with Gasteiger partial charge < -0.3 is 10.2 Å². The van der Waals surface area contributed by atoms with Gasteiger partial charge in [-0.15, -0.1) is 0 Å². The zero-order chi connectivity index (χ0) is 10.7. The molecule has 1 aromatic heterocycles. The highest BCUT2D eigenvalue weighted by molar-refractivity contribution is 5.22. The van der Waals surface area contributed by atoms with E-state index in [9.17, 15) is 0 Å². The Morgan fingerprint density at radius 3 is 2.53 bits per heavy atom. The van der Waals surface area contributed by atoms with Gasteiger partial charge in [0.15, 0.2) is 0 Å². The average molecular weight is 201 g/mol. The predicted octanol–water partition coefficient (Wildman–Crippen LogP) is 2.83. The van der Waals surface area contributed by atoms with Crippen LogP contribution >= 0.6 is 0 Å². The highest BCUT2D eigenvalue weighted by Gasteiger charge is 2.10. The molecule has 2 rings (SSSR count). The average Bonchev–Trinajstić information content (AvgIpc) is 2.66. The Hall–Kier alpha value is -1.54. The molecule has 78 valence electrons. The van der Waals surface area contributed by atoms with Gasteiger partial charge in [0.05, 0.1) is 6.26 Å². The van der Waals surface area contributed by atoms with E-state index in [1.165, 1.54) is 5.56 Å². The van der Waals surface area contributed by atoms with Crippen LogP contribution in [0.25, 0.3) is 0 Å². The summed E-state index contributed by atoms with van der Waals surface area (Å²) in [7, 11) is 0. The molecule has 2 N–H and O–H groups in total. The van der Waals surface area contributed by atoms with Gasteiger partial charge in [0.1, 0.15) is 5.76 Å². The van der Waals surface area contributed by atoms with E-state index in [2.05, 4.69) is 0 Å². The number of aryl methyl sites for hydroxylation is 1. The van der Waals surface area contributed by atoms with Gasteiger partial charge in [0, 0.05) is 12.5 Å². The van der Waals surface area contributed by atoms with Crippen LogP contribution in [0.2, 0.25) is 0 Å². The Labute approximate surface area is 89.7 Å². The predicted molar refractivity (Wildman–Crippen MR) is 60.5 cm³/mol. The van der Waals surface area contributed by atoms with Crippen molar-refractivity contribution in [3.05, 3.63) is 59.5 Å². The molecule has 0 amide bonds. The van der Waals surface area contributed by atoms with Crippen molar-refractivity contribution in [1.82, 2.24) is 0 Å². The first-order valence-electron chi connectivity index (χ1n) is 5.11. The van der Waals surface area contributed by atoms with Gasteiger partial charge in [0.2, 0.25) is 0 Å². The molecule has 1 atom stereocenters. The van der Waals surface area contributed by atoms with Crippen molar-refractivity contribution in [2.75, 3.05) is 0 Å². The van der Waals surface area contributed by atoms with Crippen molar-refractivity contribution < 1.29 is 4.42 Å². The van der Waals surface area contributed by atoms with Gasteiger partial charge in [-0.2, -0.15) is 0 Å². The highest BCUT2D eigenvalue weighted by Crippen LogP contribution is 2.18. The number of hydrogen-bond acceptors (Lipinski definition) is 2. The second-order valence-electron chi connectivity index (χ2n) is 3.75. The third-order valence-corrected chi connectivity index (χ3v) is 2.60. The highest BCUT2D eigenvalue weighted by atomic mass is 16.3. The van der Waals surface area contributed by atoms with Gasteiger partial charge in [-0.3, -0.25) is 0 Å². The van der Waals surface area contributed by atoms with Gasteiger partial charge >= 0.3 is 0 Å². The van der Waals surface area contributed by atoms with E-state index in [-0.39, 0.29) is 6.04 Å². The van der Waals surface area contributed by atoms with Crippen LogP contribution in [-0.4, -0.2) is 0 Å². The lowest BCUT2D eigenvalue weighted by Crippen LogP contribution is -2.13. The molecule has 0 spiro atoms. The van der Waals surface area contributed by atoms with Gasteiger partial charge in [0.25, 0.3) is 0 Å². The van der Waals surface area contributed by atoms with Crippen LogP contribution in [0.5, 0.6) is 0 Å². The fourth-order valence-electron chi connectivity index (χ4n) is 1.63. The van der Waals surface area contributed by atoms with Crippen molar-refractivity contribution >= 4 is 0 Å². The summed E-state index contributed by atoms with van der Waals surface area (Å²) < 4.78 is 5.38. The Morgan fingerprint density at radius 2 is 1.93 bits per heavy atom. The van der Waals surface area contributed by atoms with E-state index >= 15 is 0 Å². The van der Waals surface area contributed by atoms with Crippen molar-refractivity contribution in [3.8, 4) is 0 Å². The molecule has 2 nitrogen and oxygen atoms in total. The Morgan fingerprint density at radius 1 is 1.20 bits per heavy atom. The van der Waals surface area contributed by atoms with Crippen LogP contribution < -0.4 is 5.73 Å². The second-order valence-corrected chi connectivity index (χ2v) is 3.75. The van der Waals surface area contributed by atoms with Crippen LogP contribution in [-0.2, 0) is 6.42 Å².